The van der Waals surface area contributed by atoms with E-state index in [2.05, 4.69) is 42.3 Å². The van der Waals surface area contributed by atoms with Crippen LogP contribution in [-0.4, -0.2) is 102 Å². The molecule has 2 aliphatic heterocycles. The molecule has 3 amide bonds. The number of hydrogen-bond donors (Lipinski definition) is 2. The predicted octanol–water partition coefficient (Wildman–Crippen LogP) is 6.20. The average molecular weight is 842 g/mol. The van der Waals surface area contributed by atoms with E-state index in [4.69, 9.17) is 0 Å². The molecule has 7 atom stereocenters. The number of nitrogens with one attached hydrogen (secondary N) is 2. The molecule has 4 saturated carbocycles. The summed E-state index contributed by atoms with van der Waals surface area (Å²) in [5, 5.41) is 3.23. The summed E-state index contributed by atoms with van der Waals surface area (Å²) in [6.45, 7) is 23.8. The van der Waals surface area contributed by atoms with Crippen LogP contribution >= 0.6 is 0 Å². The minimum absolute atomic E-state index is 0.00922. The first-order chi connectivity index (χ1) is 27.6. The van der Waals surface area contributed by atoms with Gasteiger partial charge >= 0.3 is 10.2 Å². The smallest absolute Gasteiger partial charge is 0.304 e. The minimum Gasteiger partial charge on any atom is -0.345 e. The molecule has 0 aromatic heterocycles. The van der Waals surface area contributed by atoms with E-state index >= 15 is 4.79 Å². The molecule has 6 fully saturated rings. The predicted molar refractivity (Wildman–Crippen MR) is 229 cm³/mol. The molecule has 13 heteroatoms. The second-order valence-electron chi connectivity index (χ2n) is 21.2. The van der Waals surface area contributed by atoms with Crippen LogP contribution in [0.25, 0.3) is 0 Å². The molecule has 4 aliphatic carbocycles. The van der Waals surface area contributed by atoms with Gasteiger partial charge in [-0.2, -0.15) is 12.7 Å². The van der Waals surface area contributed by atoms with Crippen LogP contribution in [0.3, 0.4) is 0 Å². The third-order valence-electron chi connectivity index (χ3n) is 16.8. The van der Waals surface area contributed by atoms with E-state index in [-0.39, 0.29) is 82.9 Å². The topological polar surface area (TPSA) is 153 Å². The van der Waals surface area contributed by atoms with Crippen molar-refractivity contribution >= 4 is 39.5 Å². The van der Waals surface area contributed by atoms with Crippen molar-refractivity contribution in [2.45, 2.75) is 176 Å². The van der Waals surface area contributed by atoms with E-state index in [0.29, 0.717) is 19.4 Å². The van der Waals surface area contributed by atoms with Gasteiger partial charge in [0, 0.05) is 43.3 Å². The standard InChI is InChI=1S/C46H75N5O7S/c1-11-32-26-44(32,41(56)48-59(57,58)51(13-3)30(4)5)28-37(53)35-27-46(43(9,10)45(46)22-18-23-45)29-50(35)40(55)33(42(6,7)8)25-36(52)38(31-19-15-14-16-20-31)47-39(54)34-21-17-24-49(34)12-2/h11,30-35,38H,1,12-29H2,2-10H3,(H,47,54)(H,48,56)/t32-,33-,34+,35+,38+,44-,46-/m1/s1. The summed E-state index contributed by atoms with van der Waals surface area (Å²) in [7, 11) is -4.17. The van der Waals surface area contributed by atoms with Gasteiger partial charge in [0.2, 0.25) is 17.7 Å². The molecule has 0 aromatic carbocycles. The second kappa shape index (κ2) is 16.6. The van der Waals surface area contributed by atoms with Crippen LogP contribution in [-0.2, 0) is 34.2 Å². The summed E-state index contributed by atoms with van der Waals surface area (Å²) < 4.78 is 30.3. The Balaban J connectivity index is 1.28. The fraction of sp³-hybridized carbons (Fsp3) is 0.848. The van der Waals surface area contributed by atoms with Crippen LogP contribution in [0.5, 0.6) is 0 Å². The fourth-order valence-electron chi connectivity index (χ4n) is 12.8. The van der Waals surface area contributed by atoms with E-state index in [1.807, 2.05) is 20.8 Å². The van der Waals surface area contributed by atoms with E-state index in [1.54, 1.807) is 31.7 Å². The molecule has 0 radical (unpaired) electrons. The summed E-state index contributed by atoms with van der Waals surface area (Å²) >= 11 is 0. The van der Waals surface area contributed by atoms with Crippen LogP contribution in [0.1, 0.15) is 152 Å². The number of likely N-dealkylation sites (N-methyl/N-ethyl adjacent to an activating group) is 1. The molecule has 2 N–H and O–H groups in total. The Hall–Kier alpha value is -2.64. The highest BCUT2D eigenvalue weighted by Gasteiger charge is 2.85. The van der Waals surface area contributed by atoms with Gasteiger partial charge in [0.25, 0.3) is 0 Å². The van der Waals surface area contributed by atoms with Crippen molar-refractivity contribution in [1.82, 2.24) is 24.1 Å². The first-order valence-electron chi connectivity index (χ1n) is 22.9. The monoisotopic (exact) mass is 842 g/mol. The summed E-state index contributed by atoms with van der Waals surface area (Å²) in [5.41, 5.74) is -2.27. The lowest BCUT2D eigenvalue weighted by Gasteiger charge is -2.37. The van der Waals surface area contributed by atoms with Gasteiger partial charge in [0.1, 0.15) is 0 Å². The SMILES string of the molecule is C=C[C@@H]1C[C@]1(CC(=O)[C@@H]1C[C@@]2(CN1C(=O)[C@@H](CC(=O)[C@@H](NC(=O)[C@@H]1CCCN1CC)C1CCCCC1)C(C)(C)C)C(C)(C)C21CCC1)C(=O)NS(=O)(=O)N(CC)C(C)C. The Bertz CT molecular complexity index is 1780. The summed E-state index contributed by atoms with van der Waals surface area (Å²) in [4.78, 5) is 76.7. The van der Waals surface area contributed by atoms with Gasteiger partial charge < -0.3 is 10.2 Å². The number of carbonyl (C=O) groups excluding carboxylic acids is 5. The fourth-order valence-corrected chi connectivity index (χ4v) is 14.2. The molecule has 6 aliphatic rings. The van der Waals surface area contributed by atoms with Crippen molar-refractivity contribution < 1.29 is 32.4 Å². The second-order valence-corrected chi connectivity index (χ2v) is 22.8. The summed E-state index contributed by atoms with van der Waals surface area (Å²) in [5.74, 6) is -2.53. The molecule has 12 nitrogen and oxygen atoms in total. The van der Waals surface area contributed by atoms with E-state index in [9.17, 15) is 27.6 Å². The molecule has 0 bridgehead atoms. The number of likely N-dealkylation sites (tertiary alicyclic amines) is 2. The van der Waals surface area contributed by atoms with Crippen LogP contribution < -0.4 is 10.0 Å². The van der Waals surface area contributed by atoms with Crippen molar-refractivity contribution in [3.8, 4) is 0 Å². The van der Waals surface area contributed by atoms with Gasteiger partial charge in [-0.05, 0) is 106 Å². The van der Waals surface area contributed by atoms with Gasteiger partial charge in [0.05, 0.1) is 23.5 Å². The molecule has 2 heterocycles. The molecule has 2 saturated heterocycles. The van der Waals surface area contributed by atoms with Gasteiger partial charge in [-0.3, -0.25) is 28.9 Å². The molecule has 59 heavy (non-hydrogen) atoms. The highest BCUT2D eigenvalue weighted by Crippen LogP contribution is 2.88. The number of amides is 3. The van der Waals surface area contributed by atoms with Crippen LogP contribution in [0.15, 0.2) is 12.7 Å². The molecule has 332 valence electrons. The summed E-state index contributed by atoms with van der Waals surface area (Å²) in [6, 6.07) is -2.12. The number of ketones is 2. The van der Waals surface area contributed by atoms with E-state index in [0.717, 1.165) is 77.3 Å². The maximum atomic E-state index is 15.3. The molecule has 0 unspecified atom stereocenters. The molecule has 2 spiro atoms. The van der Waals surface area contributed by atoms with Crippen molar-refractivity contribution in [2.24, 2.45) is 44.8 Å². The maximum Gasteiger partial charge on any atom is 0.304 e. The number of carbonyl (C=O) groups is 5. The summed E-state index contributed by atoms with van der Waals surface area (Å²) in [6.07, 6.45) is 11.8. The Morgan fingerprint density at radius 1 is 0.915 bits per heavy atom. The lowest BCUT2D eigenvalue weighted by molar-refractivity contribution is -0.147. The number of allylic oxidation sites excluding steroid dienone is 1. The third-order valence-corrected chi connectivity index (χ3v) is 18.6. The van der Waals surface area contributed by atoms with Crippen LogP contribution in [0.4, 0.5) is 0 Å². The zero-order valence-corrected chi connectivity index (χ0v) is 38.5. The number of fused-ring (bicyclic) bond motifs is 1. The Kier molecular flexibility index (Phi) is 12.9. The van der Waals surface area contributed by atoms with Gasteiger partial charge in [-0.1, -0.05) is 80.2 Å². The number of nitrogens with zero attached hydrogens (tertiary/aromatic N) is 3. The first-order valence-corrected chi connectivity index (χ1v) is 24.4. The molecular formula is C46H75N5O7S. The Labute approximate surface area is 355 Å². The Morgan fingerprint density at radius 2 is 1.58 bits per heavy atom. The maximum absolute atomic E-state index is 15.3. The first kappa shape index (κ1) is 45.9. The average Bonchev–Trinajstić information content (AvgIpc) is 3.66. The van der Waals surface area contributed by atoms with Crippen molar-refractivity contribution in [2.75, 3.05) is 26.2 Å². The highest BCUT2D eigenvalue weighted by atomic mass is 32.2. The lowest BCUT2D eigenvalue weighted by Crippen LogP contribution is -2.54. The highest BCUT2D eigenvalue weighted by molar-refractivity contribution is 7.87. The molecular weight excluding hydrogens is 767 g/mol. The Morgan fingerprint density at radius 3 is 2.08 bits per heavy atom. The van der Waals surface area contributed by atoms with Gasteiger partial charge in [0.15, 0.2) is 11.6 Å². The van der Waals surface area contributed by atoms with E-state index in [1.165, 1.54) is 4.31 Å². The number of Topliss-reactive ketones (excluding diaryl/α,β-unsaturated/α-hetero) is 2. The number of hydrogen-bond acceptors (Lipinski definition) is 8. The largest absolute Gasteiger partial charge is 0.345 e. The zero-order chi connectivity index (χ0) is 43.5. The number of rotatable bonds is 17. The zero-order valence-electron chi connectivity index (χ0n) is 37.7. The van der Waals surface area contributed by atoms with Crippen molar-refractivity contribution in [1.29, 1.82) is 0 Å². The quantitative estimate of drug-likeness (QED) is 0.164. The van der Waals surface area contributed by atoms with Crippen LogP contribution in [0, 0.1) is 44.8 Å². The van der Waals surface area contributed by atoms with Crippen LogP contribution in [0.2, 0.25) is 0 Å². The van der Waals surface area contributed by atoms with Gasteiger partial charge in [-0.15, -0.1) is 6.58 Å². The third kappa shape index (κ3) is 7.89. The van der Waals surface area contributed by atoms with Crippen molar-refractivity contribution in [3.05, 3.63) is 12.7 Å². The molecule has 0 aromatic rings. The van der Waals surface area contributed by atoms with Gasteiger partial charge in [-0.25, -0.2) is 4.72 Å². The van der Waals surface area contributed by atoms with E-state index < -0.39 is 44.9 Å². The molecule has 6 rings (SSSR count). The normalized spacial score (nSPS) is 31.2. The van der Waals surface area contributed by atoms with Crippen molar-refractivity contribution in [3.63, 3.8) is 0 Å². The lowest BCUT2D eigenvalue weighted by atomic mass is 9.73. The minimum atomic E-state index is -4.17.